The molecule has 1 N–H and O–H groups in total. The van der Waals surface area contributed by atoms with Crippen molar-refractivity contribution in [3.63, 3.8) is 0 Å². The second-order valence-electron chi connectivity index (χ2n) is 4.86. The van der Waals surface area contributed by atoms with Gasteiger partial charge in [0.2, 0.25) is 0 Å². The molecule has 0 fully saturated rings. The van der Waals surface area contributed by atoms with E-state index in [4.69, 9.17) is 4.74 Å². The average molecular weight is 233 g/mol. The van der Waals surface area contributed by atoms with E-state index in [9.17, 15) is 0 Å². The summed E-state index contributed by atoms with van der Waals surface area (Å²) >= 11 is 0. The zero-order valence-corrected chi connectivity index (χ0v) is 11.1. The number of aryl methyl sites for hydroxylation is 1. The van der Waals surface area contributed by atoms with Gasteiger partial charge < -0.3 is 10.1 Å². The molecule has 2 unspecified atom stereocenters. The fourth-order valence-electron chi connectivity index (χ4n) is 2.52. The number of nitrogens with one attached hydrogen (secondary N) is 1. The van der Waals surface area contributed by atoms with Crippen molar-refractivity contribution in [1.29, 1.82) is 0 Å². The molecule has 0 bridgehead atoms. The van der Waals surface area contributed by atoms with E-state index in [2.05, 4.69) is 44.3 Å². The molecular formula is C15H23NO. The van der Waals surface area contributed by atoms with Crippen LogP contribution in [0.2, 0.25) is 0 Å². The van der Waals surface area contributed by atoms with Crippen molar-refractivity contribution in [2.24, 2.45) is 0 Å². The van der Waals surface area contributed by atoms with Gasteiger partial charge in [-0.25, -0.2) is 0 Å². The fraction of sp³-hybridized carbons (Fsp3) is 0.600. The summed E-state index contributed by atoms with van der Waals surface area (Å²) in [5, 5.41) is 3.63. The van der Waals surface area contributed by atoms with Crippen molar-refractivity contribution in [2.75, 3.05) is 6.54 Å². The third-order valence-electron chi connectivity index (χ3n) is 3.41. The van der Waals surface area contributed by atoms with Crippen LogP contribution in [-0.4, -0.2) is 12.6 Å². The number of ether oxygens (including phenoxy) is 1. The van der Waals surface area contributed by atoms with Gasteiger partial charge in [0.05, 0.1) is 6.10 Å². The Hall–Kier alpha value is -1.02. The first-order valence-electron chi connectivity index (χ1n) is 6.78. The van der Waals surface area contributed by atoms with Crippen LogP contribution in [0.5, 0.6) is 5.75 Å². The van der Waals surface area contributed by atoms with Crippen LogP contribution in [0, 0.1) is 0 Å². The van der Waals surface area contributed by atoms with Crippen molar-refractivity contribution in [3.05, 3.63) is 29.3 Å². The SMILES string of the molecule is CCCNC1CC(C)Oc2c(CC)cccc21. The van der Waals surface area contributed by atoms with E-state index < -0.39 is 0 Å². The lowest BCUT2D eigenvalue weighted by Gasteiger charge is -2.32. The first kappa shape index (κ1) is 12.4. The van der Waals surface area contributed by atoms with Crippen molar-refractivity contribution < 1.29 is 4.74 Å². The zero-order chi connectivity index (χ0) is 12.3. The third-order valence-corrected chi connectivity index (χ3v) is 3.41. The van der Waals surface area contributed by atoms with E-state index in [1.807, 2.05) is 0 Å². The number of rotatable bonds is 4. The summed E-state index contributed by atoms with van der Waals surface area (Å²) < 4.78 is 6.02. The van der Waals surface area contributed by atoms with Gasteiger partial charge in [0.25, 0.3) is 0 Å². The van der Waals surface area contributed by atoms with E-state index in [1.54, 1.807) is 0 Å². The minimum atomic E-state index is 0.310. The second-order valence-corrected chi connectivity index (χ2v) is 4.86. The minimum absolute atomic E-state index is 0.310. The number of hydrogen-bond acceptors (Lipinski definition) is 2. The molecule has 2 heteroatoms. The first-order valence-corrected chi connectivity index (χ1v) is 6.78. The van der Waals surface area contributed by atoms with Gasteiger partial charge in [0, 0.05) is 18.0 Å². The molecular weight excluding hydrogens is 210 g/mol. The summed E-state index contributed by atoms with van der Waals surface area (Å²) in [6.07, 6.45) is 3.59. The molecule has 2 rings (SSSR count). The highest BCUT2D eigenvalue weighted by Crippen LogP contribution is 2.37. The van der Waals surface area contributed by atoms with Gasteiger partial charge in [-0.3, -0.25) is 0 Å². The number of benzene rings is 1. The third kappa shape index (κ3) is 2.63. The van der Waals surface area contributed by atoms with Crippen LogP contribution in [0.25, 0.3) is 0 Å². The van der Waals surface area contributed by atoms with Gasteiger partial charge in [-0.05, 0) is 31.9 Å². The summed E-state index contributed by atoms with van der Waals surface area (Å²) in [6.45, 7) is 7.63. The molecule has 17 heavy (non-hydrogen) atoms. The molecule has 0 spiro atoms. The molecule has 1 aliphatic rings. The average Bonchev–Trinajstić information content (AvgIpc) is 2.35. The van der Waals surface area contributed by atoms with Gasteiger partial charge in [0.1, 0.15) is 5.75 Å². The van der Waals surface area contributed by atoms with E-state index in [1.165, 1.54) is 17.5 Å². The van der Waals surface area contributed by atoms with Crippen LogP contribution in [-0.2, 0) is 6.42 Å². The molecule has 1 aromatic carbocycles. The molecule has 94 valence electrons. The zero-order valence-electron chi connectivity index (χ0n) is 11.1. The molecule has 2 atom stereocenters. The number of hydrogen-bond donors (Lipinski definition) is 1. The normalized spacial score (nSPS) is 23.0. The molecule has 0 amide bonds. The summed E-state index contributed by atoms with van der Waals surface area (Å²) in [4.78, 5) is 0. The van der Waals surface area contributed by atoms with Crippen molar-refractivity contribution >= 4 is 0 Å². The van der Waals surface area contributed by atoms with E-state index in [0.717, 1.165) is 25.1 Å². The van der Waals surface area contributed by atoms with Crippen LogP contribution in [0.3, 0.4) is 0 Å². The predicted molar refractivity (Wildman–Crippen MR) is 71.6 cm³/mol. The minimum Gasteiger partial charge on any atom is -0.490 e. The quantitative estimate of drug-likeness (QED) is 0.860. The summed E-state index contributed by atoms with van der Waals surface area (Å²) in [5.41, 5.74) is 2.67. The van der Waals surface area contributed by atoms with Crippen LogP contribution < -0.4 is 10.1 Å². The molecule has 1 aromatic rings. The number of fused-ring (bicyclic) bond motifs is 1. The van der Waals surface area contributed by atoms with E-state index in [0.29, 0.717) is 12.1 Å². The Morgan fingerprint density at radius 1 is 1.35 bits per heavy atom. The molecule has 0 saturated heterocycles. The second kappa shape index (κ2) is 5.54. The summed E-state index contributed by atoms with van der Waals surface area (Å²) in [5.74, 6) is 1.13. The Bertz CT molecular complexity index is 375. The molecule has 0 aliphatic carbocycles. The molecule has 0 saturated carbocycles. The maximum Gasteiger partial charge on any atom is 0.127 e. The highest BCUT2D eigenvalue weighted by molar-refractivity contribution is 5.45. The summed E-state index contributed by atoms with van der Waals surface area (Å²) in [6, 6.07) is 6.99. The van der Waals surface area contributed by atoms with Crippen LogP contribution in [0.1, 0.15) is 50.8 Å². The van der Waals surface area contributed by atoms with Gasteiger partial charge in [-0.15, -0.1) is 0 Å². The predicted octanol–water partition coefficient (Wildman–Crippen LogP) is 3.46. The first-order chi connectivity index (χ1) is 8.26. The van der Waals surface area contributed by atoms with Crippen molar-refractivity contribution in [3.8, 4) is 5.75 Å². The Morgan fingerprint density at radius 2 is 2.18 bits per heavy atom. The summed E-state index contributed by atoms with van der Waals surface area (Å²) in [7, 11) is 0. The van der Waals surface area contributed by atoms with Crippen molar-refractivity contribution in [2.45, 2.75) is 52.2 Å². The topological polar surface area (TPSA) is 21.3 Å². The van der Waals surface area contributed by atoms with Gasteiger partial charge in [-0.1, -0.05) is 32.0 Å². The molecule has 0 aromatic heterocycles. The fourth-order valence-corrected chi connectivity index (χ4v) is 2.52. The molecule has 2 nitrogen and oxygen atoms in total. The van der Waals surface area contributed by atoms with Crippen LogP contribution >= 0.6 is 0 Å². The molecule has 1 aliphatic heterocycles. The number of para-hydroxylation sites is 1. The highest BCUT2D eigenvalue weighted by atomic mass is 16.5. The van der Waals surface area contributed by atoms with E-state index in [-0.39, 0.29) is 0 Å². The van der Waals surface area contributed by atoms with Crippen LogP contribution in [0.15, 0.2) is 18.2 Å². The van der Waals surface area contributed by atoms with Gasteiger partial charge >= 0.3 is 0 Å². The van der Waals surface area contributed by atoms with Crippen molar-refractivity contribution in [1.82, 2.24) is 5.32 Å². The largest absolute Gasteiger partial charge is 0.490 e. The Labute approximate surface area is 104 Å². The monoisotopic (exact) mass is 233 g/mol. The molecule has 1 heterocycles. The van der Waals surface area contributed by atoms with Crippen LogP contribution in [0.4, 0.5) is 0 Å². The lowest BCUT2D eigenvalue weighted by atomic mass is 9.94. The Morgan fingerprint density at radius 3 is 2.88 bits per heavy atom. The van der Waals surface area contributed by atoms with E-state index >= 15 is 0 Å². The smallest absolute Gasteiger partial charge is 0.127 e. The molecule has 0 radical (unpaired) electrons. The standard InChI is InChI=1S/C15H23NO/c1-4-9-16-14-10-11(3)17-15-12(5-2)7-6-8-13(14)15/h6-8,11,14,16H,4-5,9-10H2,1-3H3. The maximum atomic E-state index is 6.02. The van der Waals surface area contributed by atoms with Gasteiger partial charge in [0.15, 0.2) is 0 Å². The Kier molecular flexibility index (Phi) is 4.06. The Balaban J connectivity index is 2.29. The lowest BCUT2D eigenvalue weighted by Crippen LogP contribution is -2.32. The van der Waals surface area contributed by atoms with Gasteiger partial charge in [-0.2, -0.15) is 0 Å². The lowest BCUT2D eigenvalue weighted by molar-refractivity contribution is 0.165. The maximum absolute atomic E-state index is 6.02. The highest BCUT2D eigenvalue weighted by Gasteiger charge is 2.26.